The molecule has 1 nitrogen and oxygen atoms in total. The van der Waals surface area contributed by atoms with Crippen LogP contribution in [0.3, 0.4) is 0 Å². The molecule has 0 spiro atoms. The Balaban J connectivity index is 2.14. The van der Waals surface area contributed by atoms with Crippen LogP contribution in [-0.2, 0) is 11.3 Å². The summed E-state index contributed by atoms with van der Waals surface area (Å²) in [6.07, 6.45) is 2.26. The van der Waals surface area contributed by atoms with E-state index in [0.29, 0.717) is 18.4 Å². The normalized spacial score (nSPS) is 12.9. The zero-order chi connectivity index (χ0) is 12.5. The zero-order valence-corrected chi connectivity index (χ0v) is 11.6. The maximum atomic E-state index is 5.95. The van der Waals surface area contributed by atoms with E-state index < -0.39 is 0 Å². The Morgan fingerprint density at radius 1 is 1.18 bits per heavy atom. The Hall–Kier alpha value is -0.530. The van der Waals surface area contributed by atoms with Gasteiger partial charge < -0.3 is 4.74 Å². The van der Waals surface area contributed by atoms with Crippen LogP contribution in [-0.4, -0.2) is 12.5 Å². The van der Waals surface area contributed by atoms with Crippen molar-refractivity contribution in [2.75, 3.05) is 12.5 Å². The van der Waals surface area contributed by atoms with Gasteiger partial charge in [-0.25, -0.2) is 0 Å². The molecule has 0 amide bonds. The second kappa shape index (κ2) is 8.54. The fraction of sp³-hybridized carbons (Fsp3) is 0.600. The molecule has 1 atom stereocenters. The molecule has 0 bridgehead atoms. The Morgan fingerprint density at radius 3 is 2.47 bits per heavy atom. The smallest absolute Gasteiger partial charge is 0.0716 e. The summed E-state index contributed by atoms with van der Waals surface area (Å²) in [5, 5.41) is 0. The van der Waals surface area contributed by atoms with E-state index in [1.165, 1.54) is 12.0 Å². The molecule has 0 heterocycles. The Kier molecular flexibility index (Phi) is 7.30. The second-order valence-corrected chi connectivity index (χ2v) is 5.29. The van der Waals surface area contributed by atoms with Crippen LogP contribution in [0, 0.1) is 11.8 Å². The lowest BCUT2D eigenvalue weighted by atomic mass is 9.96. The van der Waals surface area contributed by atoms with E-state index in [1.807, 2.05) is 18.2 Å². The first-order valence-corrected chi connectivity index (χ1v) is 6.93. The maximum absolute atomic E-state index is 5.95. The summed E-state index contributed by atoms with van der Waals surface area (Å²) < 4.78 is 5.67. The maximum Gasteiger partial charge on any atom is 0.0716 e. The van der Waals surface area contributed by atoms with Crippen LogP contribution in [0.1, 0.15) is 32.3 Å². The van der Waals surface area contributed by atoms with Crippen molar-refractivity contribution in [1.29, 1.82) is 0 Å². The molecule has 0 radical (unpaired) electrons. The molecular formula is C15H23ClO. The number of rotatable bonds is 8. The Bertz CT molecular complexity index is 284. The number of halogens is 1. The number of benzene rings is 1. The van der Waals surface area contributed by atoms with Gasteiger partial charge in [0.1, 0.15) is 0 Å². The first kappa shape index (κ1) is 14.5. The van der Waals surface area contributed by atoms with Crippen LogP contribution >= 0.6 is 11.6 Å². The summed E-state index contributed by atoms with van der Waals surface area (Å²) in [6.45, 7) is 5.99. The largest absolute Gasteiger partial charge is 0.377 e. The lowest BCUT2D eigenvalue weighted by Crippen LogP contribution is -2.10. The minimum absolute atomic E-state index is 0.590. The third kappa shape index (κ3) is 6.70. The Labute approximate surface area is 110 Å². The number of alkyl halides is 1. The molecule has 1 aromatic carbocycles. The van der Waals surface area contributed by atoms with E-state index in [0.717, 1.165) is 18.9 Å². The Morgan fingerprint density at radius 2 is 1.88 bits per heavy atom. The summed E-state index contributed by atoms with van der Waals surface area (Å²) in [5.74, 6) is 2.05. The standard InChI is InChI=1S/C15H23ClO/c1-13(2)10-15(11-16)8-9-17-12-14-6-4-3-5-7-14/h3-7,13,15H,8-12H2,1-2H3. The van der Waals surface area contributed by atoms with Gasteiger partial charge in [-0.2, -0.15) is 0 Å². The highest BCUT2D eigenvalue weighted by atomic mass is 35.5. The molecule has 1 aromatic rings. The summed E-state index contributed by atoms with van der Waals surface area (Å²) in [7, 11) is 0. The first-order valence-electron chi connectivity index (χ1n) is 6.40. The number of ether oxygens (including phenoxy) is 1. The zero-order valence-electron chi connectivity index (χ0n) is 10.9. The average molecular weight is 255 g/mol. The van der Waals surface area contributed by atoms with Gasteiger partial charge >= 0.3 is 0 Å². The lowest BCUT2D eigenvalue weighted by Gasteiger charge is -2.16. The van der Waals surface area contributed by atoms with Crippen LogP contribution in [0.4, 0.5) is 0 Å². The molecule has 0 fully saturated rings. The van der Waals surface area contributed by atoms with Crippen molar-refractivity contribution >= 4 is 11.6 Å². The molecule has 0 aromatic heterocycles. The van der Waals surface area contributed by atoms with Gasteiger partial charge in [0.05, 0.1) is 6.61 Å². The molecule has 0 aliphatic heterocycles. The van der Waals surface area contributed by atoms with Gasteiger partial charge in [0.2, 0.25) is 0 Å². The van der Waals surface area contributed by atoms with E-state index in [1.54, 1.807) is 0 Å². The van der Waals surface area contributed by atoms with E-state index in [9.17, 15) is 0 Å². The lowest BCUT2D eigenvalue weighted by molar-refractivity contribution is 0.107. The molecule has 2 heteroatoms. The molecule has 1 unspecified atom stereocenters. The van der Waals surface area contributed by atoms with Crippen molar-refractivity contribution in [3.05, 3.63) is 35.9 Å². The van der Waals surface area contributed by atoms with Gasteiger partial charge in [-0.15, -0.1) is 11.6 Å². The minimum atomic E-state index is 0.590. The molecule has 0 N–H and O–H groups in total. The molecule has 96 valence electrons. The summed E-state index contributed by atoms with van der Waals surface area (Å²) >= 11 is 5.95. The van der Waals surface area contributed by atoms with Crippen molar-refractivity contribution in [3.8, 4) is 0 Å². The van der Waals surface area contributed by atoms with E-state index in [-0.39, 0.29) is 0 Å². The molecular weight excluding hydrogens is 232 g/mol. The molecule has 0 aliphatic rings. The van der Waals surface area contributed by atoms with Gasteiger partial charge in [0.15, 0.2) is 0 Å². The molecule has 0 saturated heterocycles. The van der Waals surface area contributed by atoms with Crippen LogP contribution in [0.5, 0.6) is 0 Å². The van der Waals surface area contributed by atoms with Crippen molar-refractivity contribution in [2.24, 2.45) is 11.8 Å². The second-order valence-electron chi connectivity index (χ2n) is 4.98. The van der Waals surface area contributed by atoms with Gasteiger partial charge in [-0.1, -0.05) is 44.2 Å². The van der Waals surface area contributed by atoms with E-state index >= 15 is 0 Å². The highest BCUT2D eigenvalue weighted by Gasteiger charge is 2.09. The van der Waals surface area contributed by atoms with Crippen LogP contribution in [0.25, 0.3) is 0 Å². The molecule has 0 saturated carbocycles. The minimum Gasteiger partial charge on any atom is -0.377 e. The molecule has 17 heavy (non-hydrogen) atoms. The summed E-state index contributed by atoms with van der Waals surface area (Å²) in [4.78, 5) is 0. The quantitative estimate of drug-likeness (QED) is 0.490. The molecule has 0 aliphatic carbocycles. The van der Waals surface area contributed by atoms with E-state index in [4.69, 9.17) is 16.3 Å². The van der Waals surface area contributed by atoms with Gasteiger partial charge in [0, 0.05) is 12.5 Å². The SMILES string of the molecule is CC(C)CC(CCl)CCOCc1ccccc1. The van der Waals surface area contributed by atoms with Crippen molar-refractivity contribution < 1.29 is 4.74 Å². The average Bonchev–Trinajstić information content (AvgIpc) is 2.34. The van der Waals surface area contributed by atoms with Crippen LogP contribution in [0.15, 0.2) is 30.3 Å². The van der Waals surface area contributed by atoms with Gasteiger partial charge in [0.25, 0.3) is 0 Å². The van der Waals surface area contributed by atoms with Gasteiger partial charge in [-0.05, 0) is 30.2 Å². The van der Waals surface area contributed by atoms with Crippen molar-refractivity contribution in [1.82, 2.24) is 0 Å². The fourth-order valence-corrected chi connectivity index (χ4v) is 2.22. The third-order valence-corrected chi connectivity index (χ3v) is 3.24. The number of hydrogen-bond donors (Lipinski definition) is 0. The monoisotopic (exact) mass is 254 g/mol. The van der Waals surface area contributed by atoms with Crippen molar-refractivity contribution in [3.63, 3.8) is 0 Å². The first-order chi connectivity index (χ1) is 8.22. The highest BCUT2D eigenvalue weighted by Crippen LogP contribution is 2.17. The summed E-state index contributed by atoms with van der Waals surface area (Å²) in [6, 6.07) is 10.3. The predicted molar refractivity (Wildman–Crippen MR) is 74.4 cm³/mol. The van der Waals surface area contributed by atoms with Crippen molar-refractivity contribution in [2.45, 2.75) is 33.3 Å². The predicted octanol–water partition coefficient (Wildman–Crippen LogP) is 4.49. The van der Waals surface area contributed by atoms with Gasteiger partial charge in [-0.3, -0.25) is 0 Å². The topological polar surface area (TPSA) is 9.23 Å². The fourth-order valence-electron chi connectivity index (χ4n) is 1.94. The molecule has 1 rings (SSSR count). The number of hydrogen-bond acceptors (Lipinski definition) is 1. The third-order valence-electron chi connectivity index (χ3n) is 2.80. The van der Waals surface area contributed by atoms with Crippen LogP contribution in [0.2, 0.25) is 0 Å². The van der Waals surface area contributed by atoms with E-state index in [2.05, 4.69) is 26.0 Å². The highest BCUT2D eigenvalue weighted by molar-refractivity contribution is 6.18. The van der Waals surface area contributed by atoms with Crippen LogP contribution < -0.4 is 0 Å². The summed E-state index contributed by atoms with van der Waals surface area (Å²) in [5.41, 5.74) is 1.23.